The molecule has 0 atom stereocenters. The monoisotopic (exact) mass is 246 g/mol. The molecule has 0 aromatic heterocycles. The third kappa shape index (κ3) is 4.50. The van der Waals surface area contributed by atoms with Gasteiger partial charge in [-0.2, -0.15) is 9.68 Å². The first kappa shape index (κ1) is 13.6. The molecule has 17 heavy (non-hydrogen) atoms. The van der Waals surface area contributed by atoms with Gasteiger partial charge in [-0.1, -0.05) is 19.3 Å². The number of hydrogen-bond acceptors (Lipinski definition) is 5. The van der Waals surface area contributed by atoms with Gasteiger partial charge in [0.05, 0.1) is 0 Å². The Morgan fingerprint density at radius 1 is 1.12 bits per heavy atom. The summed E-state index contributed by atoms with van der Waals surface area (Å²) in [6.07, 6.45) is 2.65. The first-order valence-electron chi connectivity index (χ1n) is 5.72. The Hall–Kier alpha value is -1.46. The molecule has 1 aliphatic rings. The predicted octanol–water partition coefficient (Wildman–Crippen LogP) is 3.11. The molecule has 0 aromatic carbocycles. The second kappa shape index (κ2) is 5.75. The maximum atomic E-state index is 11.2. The van der Waals surface area contributed by atoms with Crippen molar-refractivity contribution < 1.29 is 29.2 Å². The molecule has 1 aliphatic carbocycles. The molecule has 6 heteroatoms. The van der Waals surface area contributed by atoms with Crippen LogP contribution in [-0.2, 0) is 14.5 Å². The van der Waals surface area contributed by atoms with Gasteiger partial charge in [-0.25, -0.2) is 9.68 Å². The zero-order chi connectivity index (χ0) is 12.9. The van der Waals surface area contributed by atoms with E-state index in [-0.39, 0.29) is 5.92 Å². The van der Waals surface area contributed by atoms with E-state index in [9.17, 15) is 9.59 Å². The normalized spacial score (nSPS) is 17.3. The highest BCUT2D eigenvalue weighted by Gasteiger charge is 2.35. The molecular formula is C11H18O6. The van der Waals surface area contributed by atoms with Gasteiger partial charge in [0.25, 0.3) is 0 Å². The third-order valence-corrected chi connectivity index (χ3v) is 3.12. The van der Waals surface area contributed by atoms with Gasteiger partial charge in [0.1, 0.15) is 5.60 Å². The molecule has 0 aromatic rings. The van der Waals surface area contributed by atoms with Crippen molar-refractivity contribution in [3.05, 3.63) is 0 Å². The van der Waals surface area contributed by atoms with Crippen LogP contribution in [0.25, 0.3) is 0 Å². The highest BCUT2D eigenvalue weighted by atomic mass is 17.3. The summed E-state index contributed by atoms with van der Waals surface area (Å²) in [6, 6.07) is 0. The van der Waals surface area contributed by atoms with Crippen LogP contribution in [-0.4, -0.2) is 23.0 Å². The topological polar surface area (TPSA) is 82.1 Å². The van der Waals surface area contributed by atoms with Crippen LogP contribution in [0.2, 0.25) is 0 Å². The minimum atomic E-state index is -1.68. The Kier molecular flexibility index (Phi) is 4.60. The summed E-state index contributed by atoms with van der Waals surface area (Å²) in [5.41, 5.74) is -0.667. The first-order chi connectivity index (χ1) is 7.92. The lowest BCUT2D eigenvalue weighted by Gasteiger charge is -2.35. The summed E-state index contributed by atoms with van der Waals surface area (Å²) in [5, 5.41) is 8.15. The minimum absolute atomic E-state index is 0.272. The van der Waals surface area contributed by atoms with E-state index in [1.165, 1.54) is 6.42 Å². The third-order valence-electron chi connectivity index (χ3n) is 3.12. The second-order valence-corrected chi connectivity index (χ2v) is 4.72. The van der Waals surface area contributed by atoms with Crippen LogP contribution in [0.3, 0.4) is 0 Å². The summed E-state index contributed by atoms with van der Waals surface area (Å²) in [6.45, 7) is 3.59. The summed E-state index contributed by atoms with van der Waals surface area (Å²) in [7, 11) is 0. The van der Waals surface area contributed by atoms with E-state index in [2.05, 4.69) is 9.78 Å². The first-order valence-corrected chi connectivity index (χ1v) is 5.72. The molecule has 0 heterocycles. The highest BCUT2D eigenvalue weighted by molar-refractivity contribution is 5.62. The van der Waals surface area contributed by atoms with Crippen molar-refractivity contribution in [3.8, 4) is 0 Å². The minimum Gasteiger partial charge on any atom is -0.447 e. The van der Waals surface area contributed by atoms with Gasteiger partial charge in [0.2, 0.25) is 0 Å². The largest absolute Gasteiger partial charge is 0.550 e. The Labute approximate surface area is 99.8 Å². The quantitative estimate of drug-likeness (QED) is 0.458. The number of hydrogen-bond donors (Lipinski definition) is 1. The number of rotatable bonds is 2. The molecule has 0 unspecified atom stereocenters. The molecule has 1 saturated carbocycles. The Morgan fingerprint density at radius 2 is 1.71 bits per heavy atom. The zero-order valence-electron chi connectivity index (χ0n) is 10.1. The van der Waals surface area contributed by atoms with Crippen molar-refractivity contribution in [2.75, 3.05) is 0 Å². The molecule has 0 saturated heterocycles. The van der Waals surface area contributed by atoms with Crippen LogP contribution in [0.15, 0.2) is 0 Å². The fourth-order valence-corrected chi connectivity index (χ4v) is 2.18. The Morgan fingerprint density at radius 3 is 2.24 bits per heavy atom. The van der Waals surface area contributed by atoms with E-state index >= 15 is 0 Å². The number of carbonyl (C=O) groups is 2. The lowest BCUT2D eigenvalue weighted by molar-refractivity contribution is -0.225. The summed E-state index contributed by atoms with van der Waals surface area (Å²) >= 11 is 0. The predicted molar refractivity (Wildman–Crippen MR) is 57.3 cm³/mol. The van der Waals surface area contributed by atoms with Crippen molar-refractivity contribution >= 4 is 12.3 Å². The van der Waals surface area contributed by atoms with Crippen LogP contribution in [0.4, 0.5) is 9.59 Å². The maximum Gasteiger partial charge on any atom is 0.550 e. The van der Waals surface area contributed by atoms with E-state index in [0.717, 1.165) is 25.7 Å². The molecule has 98 valence electrons. The van der Waals surface area contributed by atoms with Gasteiger partial charge < -0.3 is 9.84 Å². The molecule has 0 radical (unpaired) electrons. The lowest BCUT2D eigenvalue weighted by Crippen LogP contribution is -2.38. The molecule has 0 bridgehead atoms. The summed E-state index contributed by atoms with van der Waals surface area (Å²) in [4.78, 5) is 28.8. The fourth-order valence-electron chi connectivity index (χ4n) is 2.18. The van der Waals surface area contributed by atoms with E-state index in [4.69, 9.17) is 9.84 Å². The van der Waals surface area contributed by atoms with Crippen molar-refractivity contribution in [2.45, 2.75) is 51.6 Å². The zero-order valence-corrected chi connectivity index (χ0v) is 10.1. The van der Waals surface area contributed by atoms with Crippen LogP contribution >= 0.6 is 0 Å². The van der Waals surface area contributed by atoms with Crippen LogP contribution in [0.5, 0.6) is 0 Å². The van der Waals surface area contributed by atoms with Gasteiger partial charge in [0, 0.05) is 0 Å². The molecule has 0 spiro atoms. The Balaban J connectivity index is 2.41. The molecule has 0 amide bonds. The van der Waals surface area contributed by atoms with Gasteiger partial charge in [0.15, 0.2) is 0 Å². The Bertz CT molecular complexity index is 280. The number of ether oxygens (including phenoxy) is 1. The summed E-state index contributed by atoms with van der Waals surface area (Å²) in [5.74, 6) is 0.272. The molecule has 6 nitrogen and oxygen atoms in total. The van der Waals surface area contributed by atoms with Crippen molar-refractivity contribution in [1.29, 1.82) is 0 Å². The van der Waals surface area contributed by atoms with E-state index in [1.807, 2.05) is 0 Å². The van der Waals surface area contributed by atoms with Gasteiger partial charge >= 0.3 is 12.3 Å². The second-order valence-electron chi connectivity index (χ2n) is 4.72. The van der Waals surface area contributed by atoms with Crippen molar-refractivity contribution in [2.24, 2.45) is 5.92 Å². The molecule has 1 N–H and O–H groups in total. The number of carboxylic acid groups (broad SMARTS) is 1. The fraction of sp³-hybridized carbons (Fsp3) is 0.818. The maximum absolute atomic E-state index is 11.2. The van der Waals surface area contributed by atoms with Crippen LogP contribution in [0.1, 0.15) is 46.0 Å². The standard InChI is InChI=1S/C11H18O6/c1-11(2,8-6-4-3-5-7-8)15-10(14)17-16-9(12)13/h8H,3-7H2,1-2H3,(H,12,13). The van der Waals surface area contributed by atoms with Crippen molar-refractivity contribution in [1.82, 2.24) is 0 Å². The van der Waals surface area contributed by atoms with E-state index in [0.29, 0.717) is 0 Å². The molecule has 1 rings (SSSR count). The highest BCUT2D eigenvalue weighted by Crippen LogP contribution is 2.34. The average Bonchev–Trinajstić information content (AvgIpc) is 2.27. The molecule has 1 fully saturated rings. The van der Waals surface area contributed by atoms with E-state index in [1.54, 1.807) is 13.8 Å². The summed E-state index contributed by atoms with van der Waals surface area (Å²) < 4.78 is 5.08. The van der Waals surface area contributed by atoms with Gasteiger partial charge in [-0.3, -0.25) is 0 Å². The van der Waals surface area contributed by atoms with Crippen molar-refractivity contribution in [3.63, 3.8) is 0 Å². The van der Waals surface area contributed by atoms with Gasteiger partial charge in [-0.15, -0.1) is 0 Å². The molecule has 0 aliphatic heterocycles. The van der Waals surface area contributed by atoms with Crippen LogP contribution < -0.4 is 0 Å². The number of carbonyl (C=O) groups excluding carboxylic acids is 1. The lowest BCUT2D eigenvalue weighted by atomic mass is 9.79. The van der Waals surface area contributed by atoms with Gasteiger partial charge in [-0.05, 0) is 32.6 Å². The molecular weight excluding hydrogens is 228 g/mol. The SMILES string of the molecule is CC(C)(OC(=O)OOC(=O)O)C1CCCCC1. The average molecular weight is 246 g/mol. The smallest absolute Gasteiger partial charge is 0.447 e. The van der Waals surface area contributed by atoms with Crippen LogP contribution in [0, 0.1) is 5.92 Å². The van der Waals surface area contributed by atoms with E-state index < -0.39 is 17.9 Å².